The van der Waals surface area contributed by atoms with Crippen LogP contribution in [0.1, 0.15) is 47.9 Å². The normalized spacial score (nSPS) is 14.9. The number of aliphatic hydroxyl groups is 1. The van der Waals surface area contributed by atoms with Crippen LogP contribution in [0.2, 0.25) is 0 Å². The number of ether oxygens (including phenoxy) is 3. The number of halogens is 2. The third-order valence-corrected chi connectivity index (χ3v) is 5.36. The Kier molecular flexibility index (Phi) is 6.37. The number of pyridine rings is 1. The van der Waals surface area contributed by atoms with E-state index in [2.05, 4.69) is 19.8 Å². The van der Waals surface area contributed by atoms with Crippen LogP contribution < -0.4 is 19.5 Å². The van der Waals surface area contributed by atoms with E-state index >= 15 is 0 Å². The maximum absolute atomic E-state index is 13.4. The summed E-state index contributed by atoms with van der Waals surface area (Å²) in [5.74, 6) is -0.110. The number of nitrogens with zero attached hydrogens (tertiary/aromatic N) is 2. The Bertz CT molecular complexity index is 1160. The highest BCUT2D eigenvalue weighted by Gasteiger charge is 2.44. The van der Waals surface area contributed by atoms with E-state index in [1.54, 1.807) is 41.8 Å². The Labute approximate surface area is 189 Å². The number of fused-ring (bicyclic) bond motifs is 2. The van der Waals surface area contributed by atoms with E-state index in [0.717, 1.165) is 12.8 Å². The molecule has 33 heavy (non-hydrogen) atoms. The first-order chi connectivity index (χ1) is 15.8. The van der Waals surface area contributed by atoms with Gasteiger partial charge in [0.05, 0.1) is 18.3 Å². The molecule has 0 spiro atoms. The lowest BCUT2D eigenvalue weighted by molar-refractivity contribution is -0.287. The summed E-state index contributed by atoms with van der Waals surface area (Å²) in [6.45, 7) is 3.53. The van der Waals surface area contributed by atoms with Gasteiger partial charge in [-0.3, -0.25) is 9.20 Å². The Morgan fingerprint density at radius 1 is 1.30 bits per heavy atom. The molecule has 0 saturated heterocycles. The number of aromatic nitrogens is 2. The number of aliphatic hydroxyl groups excluding tert-OH is 1. The molecule has 0 radical (unpaired) electrons. The molecule has 0 bridgehead atoms. The van der Waals surface area contributed by atoms with Gasteiger partial charge in [-0.2, -0.15) is 0 Å². The lowest BCUT2D eigenvalue weighted by atomic mass is 10.1. The molecule has 2 N–H and O–H groups in total. The second kappa shape index (κ2) is 9.22. The Hall–Kier alpha value is -3.40. The Balaban J connectivity index is 1.56. The van der Waals surface area contributed by atoms with Crippen molar-refractivity contribution in [3.8, 4) is 17.2 Å². The minimum absolute atomic E-state index is 0.0589. The first kappa shape index (κ1) is 22.8. The summed E-state index contributed by atoms with van der Waals surface area (Å²) < 4.78 is 43.4. The molecule has 10 heteroatoms. The number of amides is 1. The number of carbonyl (C=O) groups excluding carboxylic acids is 1. The van der Waals surface area contributed by atoms with Gasteiger partial charge in [0.15, 0.2) is 22.9 Å². The van der Waals surface area contributed by atoms with E-state index in [0.29, 0.717) is 34.8 Å². The lowest BCUT2D eigenvalue weighted by Gasteiger charge is -2.16. The Morgan fingerprint density at radius 2 is 2.12 bits per heavy atom. The maximum atomic E-state index is 13.4. The van der Waals surface area contributed by atoms with Gasteiger partial charge in [0.1, 0.15) is 12.3 Å². The van der Waals surface area contributed by atoms with Crippen LogP contribution in [0.5, 0.6) is 17.2 Å². The summed E-state index contributed by atoms with van der Waals surface area (Å²) in [5.41, 5.74) is 1.62. The van der Waals surface area contributed by atoms with Crippen molar-refractivity contribution in [1.82, 2.24) is 14.7 Å². The van der Waals surface area contributed by atoms with Crippen LogP contribution in [0.4, 0.5) is 8.78 Å². The summed E-state index contributed by atoms with van der Waals surface area (Å²) in [6, 6.07) is 7.60. The zero-order valence-corrected chi connectivity index (χ0v) is 18.3. The maximum Gasteiger partial charge on any atom is 0.586 e. The molecule has 1 atom stereocenters. The van der Waals surface area contributed by atoms with Gasteiger partial charge in [0.2, 0.25) is 0 Å². The molecule has 176 valence electrons. The molecule has 4 rings (SSSR count). The number of imidazole rings is 1. The molecule has 0 aliphatic carbocycles. The third kappa shape index (κ3) is 4.70. The van der Waals surface area contributed by atoms with Crippen molar-refractivity contribution >= 4 is 11.6 Å². The summed E-state index contributed by atoms with van der Waals surface area (Å²) in [4.78, 5) is 17.4. The van der Waals surface area contributed by atoms with E-state index in [-0.39, 0.29) is 36.7 Å². The van der Waals surface area contributed by atoms with E-state index in [1.807, 2.05) is 6.92 Å². The number of unbranched alkanes of at least 4 members (excludes halogenated alkanes) is 1. The molecule has 0 fully saturated rings. The number of nitrogens with one attached hydrogen (secondary N) is 1. The van der Waals surface area contributed by atoms with Gasteiger partial charge in [-0.15, -0.1) is 8.78 Å². The van der Waals surface area contributed by atoms with Gasteiger partial charge in [-0.05, 0) is 31.5 Å². The number of carbonyl (C=O) groups is 1. The molecule has 8 nitrogen and oxygen atoms in total. The third-order valence-electron chi connectivity index (χ3n) is 5.36. The van der Waals surface area contributed by atoms with Crippen LogP contribution in [-0.4, -0.2) is 39.3 Å². The standard InChI is InChI=1S/C23H25F2N3O5/c1-3-4-8-16(12-29)27-22(30)19-14(2)26-21-18(10-6-11-28(19)21)31-13-15-7-5-9-17-20(15)33-23(24,25)32-17/h5-7,9-11,16,29H,3-4,8,12-13H2,1-2H3,(H,27,30)/t16-/m1/s1. The van der Waals surface area contributed by atoms with Crippen LogP contribution in [-0.2, 0) is 6.61 Å². The highest BCUT2D eigenvalue weighted by molar-refractivity contribution is 5.95. The van der Waals surface area contributed by atoms with E-state index in [4.69, 9.17) is 4.74 Å². The highest BCUT2D eigenvalue weighted by atomic mass is 19.3. The predicted octanol–water partition coefficient (Wildman–Crippen LogP) is 3.82. The zero-order chi connectivity index (χ0) is 23.6. The molecule has 0 saturated carbocycles. The predicted molar refractivity (Wildman–Crippen MR) is 115 cm³/mol. The van der Waals surface area contributed by atoms with E-state index < -0.39 is 6.29 Å². The minimum Gasteiger partial charge on any atom is -0.485 e. The van der Waals surface area contributed by atoms with Crippen LogP contribution in [0, 0.1) is 6.92 Å². The number of hydrogen-bond acceptors (Lipinski definition) is 6. The molecular formula is C23H25F2N3O5. The summed E-state index contributed by atoms with van der Waals surface area (Å²) in [7, 11) is 0. The number of benzene rings is 1. The van der Waals surface area contributed by atoms with Gasteiger partial charge >= 0.3 is 6.29 Å². The van der Waals surface area contributed by atoms with Crippen molar-refractivity contribution in [1.29, 1.82) is 0 Å². The fraction of sp³-hybridized carbons (Fsp3) is 0.391. The molecule has 1 amide bonds. The van der Waals surface area contributed by atoms with Crippen LogP contribution in [0.3, 0.4) is 0 Å². The molecule has 0 unspecified atom stereocenters. The van der Waals surface area contributed by atoms with Gasteiger partial charge in [-0.1, -0.05) is 31.9 Å². The van der Waals surface area contributed by atoms with Crippen molar-refractivity contribution in [2.24, 2.45) is 0 Å². The molecule has 3 heterocycles. The number of para-hydroxylation sites is 1. The van der Waals surface area contributed by atoms with Crippen LogP contribution in [0.25, 0.3) is 5.65 Å². The number of alkyl halides is 2. The topological polar surface area (TPSA) is 94.3 Å². The number of hydrogen-bond donors (Lipinski definition) is 2. The van der Waals surface area contributed by atoms with Crippen LogP contribution >= 0.6 is 0 Å². The lowest BCUT2D eigenvalue weighted by Crippen LogP contribution is -2.38. The molecule has 3 aromatic rings. The zero-order valence-electron chi connectivity index (χ0n) is 18.3. The largest absolute Gasteiger partial charge is 0.586 e. The smallest absolute Gasteiger partial charge is 0.485 e. The van der Waals surface area contributed by atoms with Crippen molar-refractivity contribution in [2.45, 2.75) is 52.1 Å². The first-order valence-electron chi connectivity index (χ1n) is 10.7. The van der Waals surface area contributed by atoms with Crippen LogP contribution in [0.15, 0.2) is 36.5 Å². The summed E-state index contributed by atoms with van der Waals surface area (Å²) in [6.07, 6.45) is 0.495. The minimum atomic E-state index is -3.72. The monoisotopic (exact) mass is 461 g/mol. The quantitative estimate of drug-likeness (QED) is 0.503. The molecule has 1 aliphatic heterocycles. The summed E-state index contributed by atoms with van der Waals surface area (Å²) >= 11 is 0. The fourth-order valence-electron chi connectivity index (χ4n) is 3.75. The van der Waals surface area contributed by atoms with Gasteiger partial charge in [0, 0.05) is 11.8 Å². The second-order valence-corrected chi connectivity index (χ2v) is 7.81. The van der Waals surface area contributed by atoms with E-state index in [9.17, 15) is 18.7 Å². The molecule has 2 aromatic heterocycles. The second-order valence-electron chi connectivity index (χ2n) is 7.81. The molecule has 1 aliphatic rings. The fourth-order valence-corrected chi connectivity index (χ4v) is 3.75. The average Bonchev–Trinajstić information content (AvgIpc) is 3.29. The summed E-state index contributed by atoms with van der Waals surface area (Å²) in [5, 5.41) is 12.4. The van der Waals surface area contributed by atoms with Gasteiger partial charge in [-0.25, -0.2) is 4.98 Å². The Morgan fingerprint density at radius 3 is 2.88 bits per heavy atom. The average molecular weight is 461 g/mol. The van der Waals surface area contributed by atoms with E-state index in [1.165, 1.54) is 6.07 Å². The van der Waals surface area contributed by atoms with Gasteiger partial charge < -0.3 is 24.6 Å². The number of aryl methyl sites for hydroxylation is 1. The number of rotatable bonds is 9. The van der Waals surface area contributed by atoms with Crippen molar-refractivity contribution < 1.29 is 32.9 Å². The SMILES string of the molecule is CCCC[C@H](CO)NC(=O)c1c(C)nc2c(OCc3cccc4c3OC(F)(F)O4)cccn12. The van der Waals surface area contributed by atoms with Crippen molar-refractivity contribution in [3.05, 3.63) is 53.5 Å². The molecular weight excluding hydrogens is 436 g/mol. The van der Waals surface area contributed by atoms with Gasteiger partial charge in [0.25, 0.3) is 5.91 Å². The molecule has 1 aromatic carbocycles. The highest BCUT2D eigenvalue weighted by Crippen LogP contribution is 2.43. The first-order valence-corrected chi connectivity index (χ1v) is 10.7. The van der Waals surface area contributed by atoms with Crippen molar-refractivity contribution in [2.75, 3.05) is 6.61 Å². The van der Waals surface area contributed by atoms with Crippen molar-refractivity contribution in [3.63, 3.8) is 0 Å².